The molecule has 0 spiro atoms. The van der Waals surface area contributed by atoms with Gasteiger partial charge in [-0.05, 0) is 110 Å². The van der Waals surface area contributed by atoms with E-state index in [1.54, 1.807) is 38.6 Å². The number of anilines is 6. The summed E-state index contributed by atoms with van der Waals surface area (Å²) < 4.78 is 15.7. The van der Waals surface area contributed by atoms with Crippen molar-refractivity contribution in [1.82, 2.24) is 28.9 Å². The second-order valence-electron chi connectivity index (χ2n) is 18.7. The van der Waals surface area contributed by atoms with Gasteiger partial charge in [0, 0.05) is 111 Å². The Labute approximate surface area is 378 Å². The number of hydrogen-bond acceptors (Lipinski definition) is 12. The van der Waals surface area contributed by atoms with Crippen LogP contribution >= 0.6 is 31.9 Å². The van der Waals surface area contributed by atoms with Crippen molar-refractivity contribution < 1.29 is 19.1 Å². The first-order chi connectivity index (χ1) is 29.2. The molecule has 8 heterocycles. The largest absolute Gasteiger partial charge is 0.444 e. The number of likely N-dealkylation sites (tertiary alicyclic amines) is 2. The number of aromatic nitrogens is 4. The monoisotopic (exact) mass is 978 g/mol. The number of nitrogens with one attached hydrogen (secondary N) is 2. The highest BCUT2D eigenvalue weighted by Crippen LogP contribution is 2.36. The lowest BCUT2D eigenvalue weighted by atomic mass is 10.0. The summed E-state index contributed by atoms with van der Waals surface area (Å²) in [7, 11) is 3.42. The molecule has 0 aliphatic carbocycles. The van der Waals surface area contributed by atoms with E-state index in [2.05, 4.69) is 62.3 Å². The van der Waals surface area contributed by atoms with Crippen molar-refractivity contribution in [2.24, 2.45) is 37.8 Å². The molecule has 4 aliphatic heterocycles. The van der Waals surface area contributed by atoms with Crippen molar-refractivity contribution in [3.05, 3.63) is 90.8 Å². The van der Waals surface area contributed by atoms with Gasteiger partial charge < -0.3 is 48.8 Å². The molecule has 18 heteroatoms. The van der Waals surface area contributed by atoms with Gasteiger partial charge in [0.05, 0.1) is 23.8 Å². The van der Waals surface area contributed by atoms with Crippen LogP contribution in [0.1, 0.15) is 41.5 Å². The smallest absolute Gasteiger partial charge is 0.410 e. The van der Waals surface area contributed by atoms with Gasteiger partial charge in [0.1, 0.15) is 34.2 Å². The minimum absolute atomic E-state index is 0.115. The second kappa shape index (κ2) is 17.9. The highest BCUT2D eigenvalue weighted by Gasteiger charge is 2.44. The van der Waals surface area contributed by atoms with E-state index in [0.29, 0.717) is 46.7 Å². The van der Waals surface area contributed by atoms with Gasteiger partial charge in [-0.3, -0.25) is 9.59 Å². The van der Waals surface area contributed by atoms with Crippen LogP contribution in [0, 0.1) is 23.7 Å². The second-order valence-corrected chi connectivity index (χ2v) is 20.5. The van der Waals surface area contributed by atoms with Gasteiger partial charge in [0.2, 0.25) is 0 Å². The maximum atomic E-state index is 12.3. The van der Waals surface area contributed by atoms with Crippen molar-refractivity contribution in [2.45, 2.75) is 52.7 Å². The number of carbonyl (C=O) groups excluding carboxylic acids is 2. The van der Waals surface area contributed by atoms with Gasteiger partial charge in [-0.1, -0.05) is 0 Å². The average molecular weight is 981 g/mol. The van der Waals surface area contributed by atoms with Gasteiger partial charge in [-0.25, -0.2) is 19.6 Å². The highest BCUT2D eigenvalue weighted by molar-refractivity contribution is 9.10. The Bertz CT molecular complexity index is 2200. The van der Waals surface area contributed by atoms with Gasteiger partial charge in [-0.2, -0.15) is 0 Å². The number of ether oxygens (including phenoxy) is 2. The van der Waals surface area contributed by atoms with E-state index in [1.807, 2.05) is 88.0 Å². The maximum Gasteiger partial charge on any atom is 0.410 e. The Kier molecular flexibility index (Phi) is 13.0. The molecule has 4 atom stereocenters. The molecule has 16 nitrogen and oxygen atoms in total. The lowest BCUT2D eigenvalue weighted by Crippen LogP contribution is -2.37. The number of hydrogen-bond donors (Lipinski definition) is 2. The van der Waals surface area contributed by atoms with Crippen LogP contribution in [0.4, 0.5) is 44.0 Å². The number of rotatable bonds is 6. The van der Waals surface area contributed by atoms with Crippen LogP contribution < -0.4 is 31.6 Å². The summed E-state index contributed by atoms with van der Waals surface area (Å²) in [5.74, 6) is 3.00. The SMILES string of the molecule is Cn1cc(Br)cc(Nc2ccc(N3CC4CN(C(=O)OC(C)(C)C)CC4C3)cn2)c1=O.Cn1cc(Br)cc(Nc2ccc(N3CC4CN(C(=O)OC(C)(C)C)CC4C3)cn2)c1=O. The predicted molar refractivity (Wildman–Crippen MR) is 248 cm³/mol. The zero-order valence-electron chi connectivity index (χ0n) is 36.5. The summed E-state index contributed by atoms with van der Waals surface area (Å²) in [6.07, 6.45) is 6.67. The molecule has 2 N–H and O–H groups in total. The number of fused-ring (bicyclic) bond motifs is 2. The van der Waals surface area contributed by atoms with Crippen LogP contribution in [0.15, 0.2) is 79.7 Å². The summed E-state index contributed by atoms with van der Waals surface area (Å²) in [5, 5.41) is 6.19. The van der Waals surface area contributed by atoms with Crippen LogP contribution in [0.5, 0.6) is 0 Å². The van der Waals surface area contributed by atoms with Crippen LogP contribution in [-0.2, 0) is 23.6 Å². The number of pyridine rings is 4. The Morgan fingerprint density at radius 3 is 1.23 bits per heavy atom. The van der Waals surface area contributed by atoms with E-state index >= 15 is 0 Å². The van der Waals surface area contributed by atoms with Gasteiger partial charge in [0.25, 0.3) is 11.1 Å². The van der Waals surface area contributed by atoms with E-state index in [0.717, 1.165) is 72.7 Å². The molecule has 4 fully saturated rings. The fraction of sp³-hybridized carbons (Fsp3) is 0.500. The molecule has 8 rings (SSSR count). The van der Waals surface area contributed by atoms with E-state index in [4.69, 9.17) is 9.47 Å². The Balaban J connectivity index is 0.000000186. The third kappa shape index (κ3) is 10.9. The van der Waals surface area contributed by atoms with Crippen LogP contribution in [-0.4, -0.2) is 105 Å². The van der Waals surface area contributed by atoms with Gasteiger partial charge in [-0.15, -0.1) is 0 Å². The summed E-state index contributed by atoms with van der Waals surface area (Å²) in [4.78, 5) is 66.5. The third-order valence-corrected chi connectivity index (χ3v) is 12.2. The van der Waals surface area contributed by atoms with E-state index in [9.17, 15) is 19.2 Å². The standard InChI is InChI=1S/2C22H28BrN5O3/c2*1-22(2,3)31-21(30)28-11-14-9-27(10-15(14)12-28)17-5-6-19(24-8-17)25-18-7-16(23)13-26(4)20(18)29/h2*5-8,13-15H,9-12H2,1-4H3,(H,24,25). The van der Waals surface area contributed by atoms with E-state index < -0.39 is 11.2 Å². The minimum atomic E-state index is -0.470. The van der Waals surface area contributed by atoms with Gasteiger partial charge >= 0.3 is 12.2 Å². The molecule has 4 aromatic rings. The molecule has 0 radical (unpaired) electrons. The fourth-order valence-electron chi connectivity index (χ4n) is 8.45. The number of halogens is 2. The quantitative estimate of drug-likeness (QED) is 0.201. The van der Waals surface area contributed by atoms with Crippen molar-refractivity contribution in [1.29, 1.82) is 0 Å². The van der Waals surface area contributed by atoms with Crippen molar-refractivity contribution in [3.63, 3.8) is 0 Å². The number of nitrogens with zero attached hydrogens (tertiary/aromatic N) is 8. The Morgan fingerprint density at radius 2 is 0.935 bits per heavy atom. The molecule has 0 bridgehead atoms. The number of carbonyl (C=O) groups is 2. The van der Waals surface area contributed by atoms with Crippen molar-refractivity contribution in [2.75, 3.05) is 72.8 Å². The summed E-state index contributed by atoms with van der Waals surface area (Å²) >= 11 is 6.82. The van der Waals surface area contributed by atoms with Gasteiger partial charge in [0.15, 0.2) is 0 Å². The number of amides is 2. The highest BCUT2D eigenvalue weighted by atomic mass is 79.9. The fourth-order valence-corrected chi connectivity index (χ4v) is 9.52. The first-order valence-electron chi connectivity index (χ1n) is 20.8. The topological polar surface area (TPSA) is 159 Å². The molecule has 4 unspecified atom stereocenters. The molecule has 2 amide bonds. The molecule has 332 valence electrons. The lowest BCUT2D eigenvalue weighted by molar-refractivity contribution is 0.0272. The summed E-state index contributed by atoms with van der Waals surface area (Å²) in [6.45, 7) is 17.9. The third-order valence-electron chi connectivity index (χ3n) is 11.3. The normalized spacial score (nSPS) is 20.7. The molecular weight excluding hydrogens is 924 g/mol. The first kappa shape index (κ1) is 44.9. The lowest BCUT2D eigenvalue weighted by Gasteiger charge is -2.26. The van der Waals surface area contributed by atoms with Crippen LogP contribution in [0.3, 0.4) is 0 Å². The molecule has 0 saturated carbocycles. The summed E-state index contributed by atoms with van der Waals surface area (Å²) in [5.41, 5.74) is 1.86. The molecular formula is C44H56Br2N10O6. The first-order valence-corrected chi connectivity index (χ1v) is 22.4. The molecule has 62 heavy (non-hydrogen) atoms. The molecule has 4 aromatic heterocycles. The Morgan fingerprint density at radius 1 is 0.597 bits per heavy atom. The number of aryl methyl sites for hydroxylation is 2. The minimum Gasteiger partial charge on any atom is -0.444 e. The predicted octanol–water partition coefficient (Wildman–Crippen LogP) is 7.18. The molecule has 0 aromatic carbocycles. The Hall–Kier alpha value is -5.10. The summed E-state index contributed by atoms with van der Waals surface area (Å²) in [6, 6.07) is 11.3. The average Bonchev–Trinajstić information content (AvgIpc) is 3.96. The molecule has 4 aliphatic rings. The maximum absolute atomic E-state index is 12.3. The zero-order valence-corrected chi connectivity index (χ0v) is 39.7. The molecule has 4 saturated heterocycles. The van der Waals surface area contributed by atoms with Crippen LogP contribution in [0.2, 0.25) is 0 Å². The zero-order chi connectivity index (χ0) is 44.7. The van der Waals surface area contributed by atoms with E-state index in [-0.39, 0.29) is 23.3 Å². The van der Waals surface area contributed by atoms with Crippen LogP contribution in [0.25, 0.3) is 0 Å². The van der Waals surface area contributed by atoms with E-state index in [1.165, 1.54) is 9.13 Å². The van der Waals surface area contributed by atoms with Crippen molar-refractivity contribution in [3.8, 4) is 0 Å². The van der Waals surface area contributed by atoms with Crippen molar-refractivity contribution >= 4 is 78.4 Å².